The van der Waals surface area contributed by atoms with Gasteiger partial charge in [-0.15, -0.1) is 0 Å². The van der Waals surface area contributed by atoms with Crippen LogP contribution in [-0.4, -0.2) is 46.0 Å². The molecule has 0 aliphatic carbocycles. The molecule has 1 rings (SSSR count). The second-order valence-electron chi connectivity index (χ2n) is 11.9. The lowest BCUT2D eigenvalue weighted by Crippen LogP contribution is -2.58. The van der Waals surface area contributed by atoms with Gasteiger partial charge in [0.15, 0.2) is 0 Å². The van der Waals surface area contributed by atoms with Gasteiger partial charge in [-0.25, -0.2) is 4.79 Å². The molecule has 7 heteroatoms. The van der Waals surface area contributed by atoms with Crippen LogP contribution in [0.1, 0.15) is 98.4 Å². The van der Waals surface area contributed by atoms with E-state index >= 15 is 0 Å². The van der Waals surface area contributed by atoms with Crippen LogP contribution in [0.25, 0.3) is 0 Å². The van der Waals surface area contributed by atoms with Crippen molar-refractivity contribution < 1.29 is 19.1 Å². The van der Waals surface area contributed by atoms with Crippen molar-refractivity contribution in [3.8, 4) is 0 Å². The van der Waals surface area contributed by atoms with E-state index in [-0.39, 0.29) is 23.8 Å². The molecule has 0 aliphatic rings. The van der Waals surface area contributed by atoms with Gasteiger partial charge in [0.1, 0.15) is 17.7 Å². The van der Waals surface area contributed by atoms with Crippen molar-refractivity contribution in [1.82, 2.24) is 15.5 Å². The molecule has 7 nitrogen and oxygen atoms in total. The van der Waals surface area contributed by atoms with Crippen LogP contribution in [-0.2, 0) is 14.3 Å². The molecule has 0 heterocycles. The quantitative estimate of drug-likeness (QED) is 0.509. The summed E-state index contributed by atoms with van der Waals surface area (Å²) in [5.41, 5.74) is 1.53. The number of alkyl carbamates (subject to hydrolysis) is 1. The van der Waals surface area contributed by atoms with Crippen molar-refractivity contribution in [2.24, 2.45) is 5.92 Å². The molecule has 0 saturated heterocycles. The van der Waals surface area contributed by atoms with E-state index in [2.05, 4.69) is 10.6 Å². The number of amides is 3. The number of nitrogens with zero attached hydrogens (tertiary/aromatic N) is 1. The zero-order valence-electron chi connectivity index (χ0n) is 23.8. The lowest BCUT2D eigenvalue weighted by atomic mass is 9.92. The number of carbonyl (C=O) groups excluding carboxylic acids is 3. The molecule has 35 heavy (non-hydrogen) atoms. The summed E-state index contributed by atoms with van der Waals surface area (Å²) in [6, 6.07) is 3.98. The zero-order valence-corrected chi connectivity index (χ0v) is 23.8. The Morgan fingerprint density at radius 1 is 1.00 bits per heavy atom. The first-order chi connectivity index (χ1) is 15.9. The fourth-order valence-corrected chi connectivity index (χ4v) is 3.81. The van der Waals surface area contributed by atoms with E-state index in [0.717, 1.165) is 16.7 Å². The third kappa shape index (κ3) is 9.19. The molecule has 0 aromatic heterocycles. The first-order valence-electron chi connectivity index (χ1n) is 12.6. The lowest BCUT2D eigenvalue weighted by Gasteiger charge is -2.40. The van der Waals surface area contributed by atoms with Crippen molar-refractivity contribution in [2.45, 2.75) is 119 Å². The Morgan fingerprint density at radius 3 is 2.03 bits per heavy atom. The molecule has 0 spiro atoms. The summed E-state index contributed by atoms with van der Waals surface area (Å²) < 4.78 is 5.43. The molecule has 2 N–H and O–H groups in total. The Hall–Kier alpha value is -2.57. The van der Waals surface area contributed by atoms with Crippen LogP contribution in [0, 0.1) is 19.8 Å². The summed E-state index contributed by atoms with van der Waals surface area (Å²) in [5.74, 6) is -0.777. The first kappa shape index (κ1) is 30.5. The molecule has 0 radical (unpaired) electrons. The van der Waals surface area contributed by atoms with Gasteiger partial charge in [0, 0.05) is 11.6 Å². The fourth-order valence-electron chi connectivity index (χ4n) is 3.81. The molecule has 0 fully saturated rings. The molecule has 0 saturated carbocycles. The Morgan fingerprint density at radius 2 is 1.57 bits per heavy atom. The van der Waals surface area contributed by atoms with E-state index in [4.69, 9.17) is 4.74 Å². The SMILES string of the molecule is CCC(C)N(C(=O)C(NC(=O)OC(C)(C)C)C(C)C)C(C(=O)NC(C)(C)C)c1cc(C)ccc1C. The van der Waals surface area contributed by atoms with Crippen molar-refractivity contribution in [3.05, 3.63) is 34.9 Å². The molecule has 0 aliphatic heterocycles. The highest BCUT2D eigenvalue weighted by Crippen LogP contribution is 2.30. The molecule has 3 atom stereocenters. The predicted molar refractivity (Wildman–Crippen MR) is 141 cm³/mol. The molecule has 3 amide bonds. The summed E-state index contributed by atoms with van der Waals surface area (Å²) >= 11 is 0. The molecular weight excluding hydrogens is 442 g/mol. The van der Waals surface area contributed by atoms with E-state index in [0.29, 0.717) is 6.42 Å². The predicted octanol–water partition coefficient (Wildman–Crippen LogP) is 5.44. The van der Waals surface area contributed by atoms with Crippen molar-refractivity contribution in [1.29, 1.82) is 0 Å². The summed E-state index contributed by atoms with van der Waals surface area (Å²) in [5, 5.41) is 5.84. The van der Waals surface area contributed by atoms with Gasteiger partial charge < -0.3 is 20.3 Å². The number of ether oxygens (including phenoxy) is 1. The average Bonchev–Trinajstić information content (AvgIpc) is 2.68. The van der Waals surface area contributed by atoms with Gasteiger partial charge in [-0.1, -0.05) is 44.5 Å². The highest BCUT2D eigenvalue weighted by atomic mass is 16.6. The highest BCUT2D eigenvalue weighted by molar-refractivity contribution is 5.93. The van der Waals surface area contributed by atoms with Crippen molar-refractivity contribution in [3.63, 3.8) is 0 Å². The van der Waals surface area contributed by atoms with Crippen LogP contribution < -0.4 is 10.6 Å². The normalized spacial score (nSPS) is 14.7. The van der Waals surface area contributed by atoms with Gasteiger partial charge in [-0.3, -0.25) is 9.59 Å². The van der Waals surface area contributed by atoms with Crippen LogP contribution in [0.2, 0.25) is 0 Å². The maximum atomic E-state index is 14.1. The summed E-state index contributed by atoms with van der Waals surface area (Å²) in [6.45, 7) is 22.7. The van der Waals surface area contributed by atoms with E-state index < -0.39 is 29.3 Å². The van der Waals surface area contributed by atoms with Crippen LogP contribution >= 0.6 is 0 Å². The van der Waals surface area contributed by atoms with Crippen molar-refractivity contribution >= 4 is 17.9 Å². The van der Waals surface area contributed by atoms with Crippen LogP contribution in [0.3, 0.4) is 0 Å². The zero-order chi connectivity index (χ0) is 27.3. The van der Waals surface area contributed by atoms with Crippen LogP contribution in [0.5, 0.6) is 0 Å². The van der Waals surface area contributed by atoms with E-state index in [1.807, 2.05) is 80.5 Å². The van der Waals surface area contributed by atoms with E-state index in [1.165, 1.54) is 0 Å². The molecule has 1 aromatic rings. The minimum atomic E-state index is -0.853. The van der Waals surface area contributed by atoms with Gasteiger partial charge in [-0.05, 0) is 85.8 Å². The number of aryl methyl sites for hydroxylation is 2. The lowest BCUT2D eigenvalue weighted by molar-refractivity contribution is -0.146. The highest BCUT2D eigenvalue weighted by Gasteiger charge is 2.40. The third-order valence-electron chi connectivity index (χ3n) is 5.68. The molecule has 1 aromatic carbocycles. The molecule has 3 unspecified atom stereocenters. The Bertz CT molecular complexity index is 896. The number of carbonyl (C=O) groups is 3. The number of hydrogen-bond acceptors (Lipinski definition) is 4. The molecule has 0 bridgehead atoms. The van der Waals surface area contributed by atoms with Gasteiger partial charge >= 0.3 is 6.09 Å². The van der Waals surface area contributed by atoms with E-state index in [9.17, 15) is 14.4 Å². The Labute approximate surface area is 212 Å². The van der Waals surface area contributed by atoms with Crippen LogP contribution in [0.15, 0.2) is 18.2 Å². The second-order valence-corrected chi connectivity index (χ2v) is 11.9. The average molecular weight is 490 g/mol. The van der Waals surface area contributed by atoms with Gasteiger partial charge in [-0.2, -0.15) is 0 Å². The minimum Gasteiger partial charge on any atom is -0.444 e. The van der Waals surface area contributed by atoms with Crippen LogP contribution in [0.4, 0.5) is 4.79 Å². The maximum absolute atomic E-state index is 14.1. The number of nitrogens with one attached hydrogen (secondary N) is 2. The fraction of sp³-hybridized carbons (Fsp3) is 0.679. The number of hydrogen-bond donors (Lipinski definition) is 2. The molecule has 198 valence electrons. The van der Waals surface area contributed by atoms with Gasteiger partial charge in [0.05, 0.1) is 0 Å². The standard InChI is InChI=1S/C28H47N3O4/c1-13-20(6)31(25(33)22(17(2)3)29-26(34)35-28(10,11)12)23(24(32)30-27(7,8)9)21-16-18(4)14-15-19(21)5/h14-17,20,22-23H,13H2,1-12H3,(H,29,34)(H,30,32). The van der Waals surface area contributed by atoms with Gasteiger partial charge in [0.25, 0.3) is 0 Å². The summed E-state index contributed by atoms with van der Waals surface area (Å²) in [4.78, 5) is 42.2. The number of rotatable bonds is 8. The van der Waals surface area contributed by atoms with E-state index in [1.54, 1.807) is 25.7 Å². The molecular formula is C28H47N3O4. The Balaban J connectivity index is 3.64. The largest absolute Gasteiger partial charge is 0.444 e. The monoisotopic (exact) mass is 489 g/mol. The first-order valence-corrected chi connectivity index (χ1v) is 12.6. The van der Waals surface area contributed by atoms with Crippen molar-refractivity contribution in [2.75, 3.05) is 0 Å². The van der Waals surface area contributed by atoms with Gasteiger partial charge in [0.2, 0.25) is 11.8 Å². The minimum absolute atomic E-state index is 0.216. The maximum Gasteiger partial charge on any atom is 0.408 e. The second kappa shape index (κ2) is 11.9. The third-order valence-corrected chi connectivity index (χ3v) is 5.68. The smallest absolute Gasteiger partial charge is 0.408 e. The number of benzene rings is 1. The summed E-state index contributed by atoms with van der Waals surface area (Å²) in [7, 11) is 0. The Kier molecular flexibility index (Phi) is 10.4. The summed E-state index contributed by atoms with van der Waals surface area (Å²) in [6.07, 6.45) is -0.0104. The topological polar surface area (TPSA) is 87.7 Å².